The van der Waals surface area contributed by atoms with E-state index >= 15 is 0 Å². The van der Waals surface area contributed by atoms with E-state index in [-0.39, 0.29) is 29.9 Å². The molecule has 0 aromatic heterocycles. The Bertz CT molecular complexity index is 432. The number of nitrogens with two attached hydrogens (primary N) is 1. The van der Waals surface area contributed by atoms with Crippen molar-refractivity contribution in [1.82, 2.24) is 16.0 Å². The highest BCUT2D eigenvalue weighted by atomic mass is 32.2. The number of amides is 4. The third-order valence-corrected chi connectivity index (χ3v) is 5.51. The standard InChI is InChI=1S/C14H24N4O3S/c15-11(19)5-3-7-16-12(20)6-2-1-4-10-13-9(8-22-10)17-14(21)18-13/h9-10,13H,1-8H2,(H2,15,19)(H,16,20)(H2,17,18,21). The largest absolute Gasteiger partial charge is 0.370 e. The molecule has 22 heavy (non-hydrogen) atoms. The minimum Gasteiger partial charge on any atom is -0.370 e. The summed E-state index contributed by atoms with van der Waals surface area (Å²) in [5.41, 5.74) is 5.03. The zero-order valence-corrected chi connectivity index (χ0v) is 13.4. The van der Waals surface area contributed by atoms with Crippen molar-refractivity contribution in [2.24, 2.45) is 5.73 Å². The molecule has 0 spiro atoms. The van der Waals surface area contributed by atoms with Gasteiger partial charge < -0.3 is 21.7 Å². The number of carbonyl (C=O) groups excluding carboxylic acids is 3. The Kier molecular flexibility index (Phi) is 6.35. The highest BCUT2D eigenvalue weighted by Crippen LogP contribution is 2.33. The third-order valence-electron chi connectivity index (χ3n) is 4.00. The van der Waals surface area contributed by atoms with E-state index in [9.17, 15) is 14.4 Å². The molecule has 5 N–H and O–H groups in total. The SMILES string of the molecule is NC(=O)CCCNC(=O)CCCCC1SCC2NC(=O)NC21. The van der Waals surface area contributed by atoms with E-state index in [4.69, 9.17) is 5.73 Å². The average Bonchev–Trinajstić information content (AvgIpc) is 2.99. The minimum absolute atomic E-state index is 0.0252. The Morgan fingerprint density at radius 3 is 2.82 bits per heavy atom. The second-order valence-corrected chi connectivity index (χ2v) is 7.06. The zero-order valence-electron chi connectivity index (χ0n) is 12.6. The van der Waals surface area contributed by atoms with E-state index in [0.29, 0.717) is 31.1 Å². The first-order valence-electron chi connectivity index (χ1n) is 7.80. The number of nitrogens with one attached hydrogen (secondary N) is 3. The summed E-state index contributed by atoms with van der Waals surface area (Å²) in [5, 5.41) is 9.13. The Morgan fingerprint density at radius 1 is 1.23 bits per heavy atom. The molecule has 2 rings (SSSR count). The van der Waals surface area contributed by atoms with Gasteiger partial charge in [0.15, 0.2) is 0 Å². The van der Waals surface area contributed by atoms with Gasteiger partial charge in [0.25, 0.3) is 0 Å². The summed E-state index contributed by atoms with van der Waals surface area (Å²) in [6.07, 6.45) is 4.25. The van der Waals surface area contributed by atoms with Crippen LogP contribution in [0.3, 0.4) is 0 Å². The molecule has 3 unspecified atom stereocenters. The molecule has 0 aromatic rings. The molecule has 3 atom stereocenters. The molecular formula is C14H24N4O3S. The maximum atomic E-state index is 11.6. The number of hydrogen-bond donors (Lipinski definition) is 4. The lowest BCUT2D eigenvalue weighted by Crippen LogP contribution is -2.36. The molecule has 8 heteroatoms. The van der Waals surface area contributed by atoms with E-state index in [0.717, 1.165) is 25.0 Å². The van der Waals surface area contributed by atoms with E-state index in [1.165, 1.54) is 0 Å². The molecule has 124 valence electrons. The summed E-state index contributed by atoms with van der Waals surface area (Å²) < 4.78 is 0. The van der Waals surface area contributed by atoms with E-state index in [1.807, 2.05) is 11.8 Å². The van der Waals surface area contributed by atoms with Gasteiger partial charge in [0, 0.05) is 30.4 Å². The van der Waals surface area contributed by atoms with Gasteiger partial charge in [-0.05, 0) is 19.3 Å². The number of primary amides is 1. The molecule has 2 heterocycles. The fraction of sp³-hybridized carbons (Fsp3) is 0.786. The summed E-state index contributed by atoms with van der Waals surface area (Å²) in [5.74, 6) is 0.654. The van der Waals surface area contributed by atoms with E-state index < -0.39 is 0 Å². The minimum atomic E-state index is -0.338. The summed E-state index contributed by atoms with van der Waals surface area (Å²) in [4.78, 5) is 33.4. The Morgan fingerprint density at radius 2 is 2.05 bits per heavy atom. The predicted molar refractivity (Wildman–Crippen MR) is 85.4 cm³/mol. The molecule has 2 saturated heterocycles. The smallest absolute Gasteiger partial charge is 0.315 e. The van der Waals surface area contributed by atoms with Crippen LogP contribution < -0.4 is 21.7 Å². The summed E-state index contributed by atoms with van der Waals surface area (Å²) in [7, 11) is 0. The third kappa shape index (κ3) is 5.08. The van der Waals surface area contributed by atoms with Crippen LogP contribution in [-0.4, -0.2) is 47.5 Å². The number of urea groups is 1. The van der Waals surface area contributed by atoms with Crippen LogP contribution in [0.15, 0.2) is 0 Å². The van der Waals surface area contributed by atoms with Crippen LogP contribution >= 0.6 is 11.8 Å². The molecule has 7 nitrogen and oxygen atoms in total. The normalized spacial score (nSPS) is 26.2. The van der Waals surface area contributed by atoms with Crippen LogP contribution in [0.2, 0.25) is 0 Å². The van der Waals surface area contributed by atoms with Crippen LogP contribution in [0.25, 0.3) is 0 Å². The highest BCUT2D eigenvalue weighted by Gasteiger charge is 2.42. The van der Waals surface area contributed by atoms with Crippen LogP contribution in [0.4, 0.5) is 4.79 Å². The van der Waals surface area contributed by atoms with Gasteiger partial charge in [-0.1, -0.05) is 6.42 Å². The van der Waals surface area contributed by atoms with Crippen molar-refractivity contribution in [1.29, 1.82) is 0 Å². The maximum absolute atomic E-state index is 11.6. The van der Waals surface area contributed by atoms with Gasteiger partial charge in [0.05, 0.1) is 12.1 Å². The number of thioether (sulfide) groups is 1. The zero-order chi connectivity index (χ0) is 15.9. The van der Waals surface area contributed by atoms with Crippen molar-refractivity contribution in [3.8, 4) is 0 Å². The fourth-order valence-electron chi connectivity index (χ4n) is 2.85. The van der Waals surface area contributed by atoms with Crippen molar-refractivity contribution in [2.45, 2.75) is 55.9 Å². The molecule has 2 aliphatic rings. The lowest BCUT2D eigenvalue weighted by atomic mass is 10.0. The van der Waals surface area contributed by atoms with Crippen LogP contribution in [-0.2, 0) is 9.59 Å². The van der Waals surface area contributed by atoms with Gasteiger partial charge in [-0.3, -0.25) is 9.59 Å². The topological polar surface area (TPSA) is 113 Å². The average molecular weight is 328 g/mol. The van der Waals surface area contributed by atoms with Gasteiger partial charge in [0.1, 0.15) is 0 Å². The molecule has 2 fully saturated rings. The first-order chi connectivity index (χ1) is 10.6. The highest BCUT2D eigenvalue weighted by molar-refractivity contribution is 8.00. The van der Waals surface area contributed by atoms with Crippen molar-refractivity contribution in [3.63, 3.8) is 0 Å². The number of unbranched alkanes of at least 4 members (excludes halogenated alkanes) is 1. The van der Waals surface area contributed by atoms with Crippen molar-refractivity contribution in [3.05, 3.63) is 0 Å². The van der Waals surface area contributed by atoms with Crippen molar-refractivity contribution < 1.29 is 14.4 Å². The predicted octanol–water partition coefficient (Wildman–Crippen LogP) is 0.0939. The van der Waals surface area contributed by atoms with Crippen molar-refractivity contribution in [2.75, 3.05) is 12.3 Å². The van der Waals surface area contributed by atoms with Crippen LogP contribution in [0, 0.1) is 0 Å². The van der Waals surface area contributed by atoms with E-state index in [1.54, 1.807) is 0 Å². The molecule has 0 aromatic carbocycles. The molecule has 0 radical (unpaired) electrons. The summed E-state index contributed by atoms with van der Waals surface area (Å²) in [6.45, 7) is 0.502. The maximum Gasteiger partial charge on any atom is 0.315 e. The molecule has 0 bridgehead atoms. The Labute approximate surface area is 134 Å². The second kappa shape index (κ2) is 8.26. The molecule has 2 aliphatic heterocycles. The number of rotatable bonds is 9. The lowest BCUT2D eigenvalue weighted by molar-refractivity contribution is -0.122. The second-order valence-electron chi connectivity index (χ2n) is 5.79. The quantitative estimate of drug-likeness (QED) is 0.355. The number of carbonyl (C=O) groups is 3. The first kappa shape index (κ1) is 16.9. The monoisotopic (exact) mass is 328 g/mol. The lowest BCUT2D eigenvalue weighted by Gasteiger charge is -2.16. The van der Waals surface area contributed by atoms with Crippen LogP contribution in [0.5, 0.6) is 0 Å². The van der Waals surface area contributed by atoms with Gasteiger partial charge >= 0.3 is 6.03 Å². The van der Waals surface area contributed by atoms with Gasteiger partial charge in [-0.25, -0.2) is 4.79 Å². The van der Waals surface area contributed by atoms with Gasteiger partial charge in [0.2, 0.25) is 11.8 Å². The summed E-state index contributed by atoms with van der Waals surface area (Å²) in [6, 6.07) is 0.437. The van der Waals surface area contributed by atoms with Gasteiger partial charge in [-0.2, -0.15) is 11.8 Å². The molecule has 4 amide bonds. The molecular weight excluding hydrogens is 304 g/mol. The van der Waals surface area contributed by atoms with Gasteiger partial charge in [-0.15, -0.1) is 0 Å². The fourth-order valence-corrected chi connectivity index (χ4v) is 4.40. The van der Waals surface area contributed by atoms with Crippen LogP contribution in [0.1, 0.15) is 38.5 Å². The van der Waals surface area contributed by atoms with Crippen molar-refractivity contribution >= 4 is 29.6 Å². The Hall–Kier alpha value is -1.44. The number of fused-ring (bicyclic) bond motifs is 1. The molecule has 0 aliphatic carbocycles. The first-order valence-corrected chi connectivity index (χ1v) is 8.85. The van der Waals surface area contributed by atoms with E-state index in [2.05, 4.69) is 16.0 Å². The Balaban J connectivity index is 1.51. The summed E-state index contributed by atoms with van der Waals surface area (Å²) >= 11 is 1.89. The number of hydrogen-bond acceptors (Lipinski definition) is 4. The molecule has 0 saturated carbocycles.